The van der Waals surface area contributed by atoms with Crippen LogP contribution < -0.4 is 9.64 Å². The predicted molar refractivity (Wildman–Crippen MR) is 138 cm³/mol. The molecule has 0 unspecified atom stereocenters. The molecule has 3 aromatic rings. The van der Waals surface area contributed by atoms with Crippen molar-refractivity contribution in [1.82, 2.24) is 9.97 Å². The highest BCUT2D eigenvalue weighted by molar-refractivity contribution is 8.23. The largest absolute Gasteiger partial charge is 0.514 e. The van der Waals surface area contributed by atoms with Crippen LogP contribution in [0.4, 0.5) is 25.1 Å². The zero-order chi connectivity index (χ0) is 27.9. The molecule has 2 aliphatic heterocycles. The van der Waals surface area contributed by atoms with Crippen molar-refractivity contribution in [3.8, 4) is 17.1 Å². The van der Waals surface area contributed by atoms with Crippen molar-refractivity contribution in [3.63, 3.8) is 0 Å². The molecule has 0 atom stereocenters. The number of nitrogens with zero attached hydrogens (tertiary/aromatic N) is 4. The van der Waals surface area contributed by atoms with Crippen LogP contribution in [0.25, 0.3) is 11.4 Å². The van der Waals surface area contributed by atoms with E-state index in [4.69, 9.17) is 21.1 Å². The van der Waals surface area contributed by atoms with Gasteiger partial charge in [0.15, 0.2) is 5.82 Å². The van der Waals surface area contributed by atoms with E-state index in [1.165, 1.54) is 24.3 Å². The first-order valence-electron chi connectivity index (χ1n) is 11.7. The second kappa shape index (κ2) is 10.5. The standard InChI is InChI=1S/C24H21ClF2N4O7S/c25-18-10-19(26)16(9-20(18)27)22-28-21-12-39(35,36)11-17(21)23(29-22)30-7-5-15(6-8-30)38-24(32)37-14-3-1-13(2-4-14)31(33)34/h1-4,9-10,15,35-36H,5-8,11-12H2. The lowest BCUT2D eigenvalue weighted by Gasteiger charge is -2.33. The van der Waals surface area contributed by atoms with Crippen LogP contribution in [0, 0.1) is 21.7 Å². The van der Waals surface area contributed by atoms with Gasteiger partial charge in [-0.2, -0.15) is 10.6 Å². The molecule has 0 radical (unpaired) electrons. The van der Waals surface area contributed by atoms with Gasteiger partial charge in [0.2, 0.25) is 0 Å². The Morgan fingerprint density at radius 3 is 2.46 bits per heavy atom. The van der Waals surface area contributed by atoms with Crippen LogP contribution in [0.5, 0.6) is 5.75 Å². The van der Waals surface area contributed by atoms with E-state index in [2.05, 4.69) is 9.97 Å². The molecule has 3 heterocycles. The zero-order valence-corrected chi connectivity index (χ0v) is 21.6. The topological polar surface area (TPSA) is 148 Å². The van der Waals surface area contributed by atoms with Gasteiger partial charge in [-0.05, 0) is 24.3 Å². The number of anilines is 1. The molecule has 1 aromatic heterocycles. The van der Waals surface area contributed by atoms with Gasteiger partial charge in [-0.25, -0.2) is 23.5 Å². The minimum absolute atomic E-state index is 0.0621. The maximum absolute atomic E-state index is 14.6. The Labute approximate surface area is 226 Å². The molecule has 1 fully saturated rings. The van der Waals surface area contributed by atoms with E-state index in [1.54, 1.807) is 0 Å². The maximum Gasteiger partial charge on any atom is 0.514 e. The summed E-state index contributed by atoms with van der Waals surface area (Å²) in [6, 6.07) is 6.70. The Morgan fingerprint density at radius 1 is 1.10 bits per heavy atom. The molecule has 2 aliphatic rings. The van der Waals surface area contributed by atoms with Crippen molar-refractivity contribution in [3.05, 3.63) is 74.4 Å². The number of piperidine rings is 1. The summed E-state index contributed by atoms with van der Waals surface area (Å²) in [5.41, 5.74) is 0.504. The summed E-state index contributed by atoms with van der Waals surface area (Å²) in [6.45, 7) is 0.712. The molecule has 2 N–H and O–H groups in total. The summed E-state index contributed by atoms with van der Waals surface area (Å²) in [5.74, 6) is -1.51. The normalized spacial score (nSPS) is 17.4. The van der Waals surface area contributed by atoms with Crippen LogP contribution in [0.2, 0.25) is 5.02 Å². The number of halogens is 3. The molecular formula is C24H21ClF2N4O7S. The van der Waals surface area contributed by atoms with Gasteiger partial charge >= 0.3 is 6.16 Å². The molecular weight excluding hydrogens is 562 g/mol. The lowest BCUT2D eigenvalue weighted by Crippen LogP contribution is -2.39. The van der Waals surface area contributed by atoms with E-state index in [-0.39, 0.29) is 39.4 Å². The molecule has 0 bridgehead atoms. The predicted octanol–water partition coefficient (Wildman–Crippen LogP) is 5.93. The van der Waals surface area contributed by atoms with Crippen molar-refractivity contribution < 1.29 is 37.1 Å². The van der Waals surface area contributed by atoms with Crippen molar-refractivity contribution in [2.45, 2.75) is 30.5 Å². The van der Waals surface area contributed by atoms with Crippen LogP contribution in [0.15, 0.2) is 36.4 Å². The van der Waals surface area contributed by atoms with E-state index in [1.807, 2.05) is 4.90 Å². The number of non-ortho nitro benzene ring substituents is 1. The fourth-order valence-corrected chi connectivity index (χ4v) is 6.13. The quantitative estimate of drug-likeness (QED) is 0.122. The molecule has 11 nitrogen and oxygen atoms in total. The number of rotatable bonds is 5. The Balaban J connectivity index is 1.30. The minimum Gasteiger partial charge on any atom is -0.431 e. The van der Waals surface area contributed by atoms with Crippen molar-refractivity contribution in [1.29, 1.82) is 0 Å². The maximum atomic E-state index is 14.6. The summed E-state index contributed by atoms with van der Waals surface area (Å²) in [6.07, 6.45) is -0.695. The first-order valence-corrected chi connectivity index (χ1v) is 13.9. The lowest BCUT2D eigenvalue weighted by atomic mass is 10.1. The lowest BCUT2D eigenvalue weighted by molar-refractivity contribution is -0.384. The molecule has 15 heteroatoms. The summed E-state index contributed by atoms with van der Waals surface area (Å²) < 4.78 is 59.9. The van der Waals surface area contributed by atoms with Crippen molar-refractivity contribution >= 4 is 39.9 Å². The Morgan fingerprint density at radius 2 is 1.79 bits per heavy atom. The molecule has 0 aliphatic carbocycles. The SMILES string of the molecule is O=C(Oc1ccc([N+](=O)[O-])cc1)OC1CCN(c2nc(-c3cc(F)c(Cl)cc3F)nc3c2CS(O)(O)C3)CC1. The molecule has 0 amide bonds. The van der Waals surface area contributed by atoms with Gasteiger partial charge in [0.1, 0.15) is 29.3 Å². The number of carbonyl (C=O) groups excluding carboxylic acids is 1. The van der Waals surface area contributed by atoms with E-state index in [9.17, 15) is 32.8 Å². The van der Waals surface area contributed by atoms with Gasteiger partial charge in [0, 0.05) is 43.6 Å². The highest BCUT2D eigenvalue weighted by atomic mass is 35.5. The van der Waals surface area contributed by atoms with Gasteiger partial charge in [-0.15, -0.1) is 0 Å². The number of carbonyl (C=O) groups is 1. The molecule has 1 saturated heterocycles. The number of benzene rings is 2. The van der Waals surface area contributed by atoms with Crippen LogP contribution in [-0.4, -0.2) is 49.3 Å². The fraction of sp³-hybridized carbons (Fsp3) is 0.292. The van der Waals surface area contributed by atoms with Crippen LogP contribution in [0.3, 0.4) is 0 Å². The van der Waals surface area contributed by atoms with Gasteiger partial charge < -0.3 is 14.4 Å². The molecule has 39 heavy (non-hydrogen) atoms. The Hall–Kier alpha value is -3.59. The number of fused-ring (bicyclic) bond motifs is 1. The number of hydrogen-bond donors (Lipinski definition) is 2. The number of nitro benzene ring substituents is 1. The molecule has 0 spiro atoms. The first-order chi connectivity index (χ1) is 18.5. The molecule has 206 valence electrons. The van der Waals surface area contributed by atoms with Gasteiger partial charge in [0.05, 0.1) is 32.7 Å². The van der Waals surface area contributed by atoms with Crippen LogP contribution in [0.1, 0.15) is 24.1 Å². The number of aromatic nitrogens is 2. The van der Waals surface area contributed by atoms with Crippen LogP contribution >= 0.6 is 22.2 Å². The smallest absolute Gasteiger partial charge is 0.431 e. The second-order valence-corrected chi connectivity index (χ2v) is 11.6. The van der Waals surface area contributed by atoms with Gasteiger partial charge in [-0.3, -0.25) is 19.2 Å². The summed E-state index contributed by atoms with van der Waals surface area (Å²) >= 11 is 5.67. The van der Waals surface area contributed by atoms with E-state index in [0.29, 0.717) is 43.0 Å². The average molecular weight is 583 g/mol. The second-order valence-electron chi connectivity index (χ2n) is 9.04. The van der Waals surface area contributed by atoms with Crippen molar-refractivity contribution in [2.75, 3.05) is 18.0 Å². The highest BCUT2D eigenvalue weighted by Crippen LogP contribution is 2.54. The summed E-state index contributed by atoms with van der Waals surface area (Å²) in [7, 11) is -3.00. The number of hydrogen-bond acceptors (Lipinski definition) is 10. The number of ether oxygens (including phenoxy) is 2. The summed E-state index contributed by atoms with van der Waals surface area (Å²) in [4.78, 5) is 33.0. The molecule has 2 aromatic carbocycles. The third-order valence-corrected chi connectivity index (χ3v) is 8.09. The zero-order valence-electron chi connectivity index (χ0n) is 20.1. The Bertz CT molecular complexity index is 1450. The Kier molecular flexibility index (Phi) is 7.29. The molecule has 5 rings (SSSR count). The van der Waals surface area contributed by atoms with E-state index < -0.39 is 39.4 Å². The third kappa shape index (κ3) is 5.88. The summed E-state index contributed by atoms with van der Waals surface area (Å²) in [5, 5.41) is 10.4. The fourth-order valence-electron chi connectivity index (χ4n) is 4.44. The third-order valence-electron chi connectivity index (χ3n) is 6.32. The van der Waals surface area contributed by atoms with Crippen molar-refractivity contribution in [2.24, 2.45) is 0 Å². The highest BCUT2D eigenvalue weighted by Gasteiger charge is 2.34. The van der Waals surface area contributed by atoms with E-state index in [0.717, 1.165) is 12.1 Å². The minimum atomic E-state index is -3.00. The molecule has 0 saturated carbocycles. The number of nitro groups is 1. The van der Waals surface area contributed by atoms with Gasteiger partial charge in [-0.1, -0.05) is 11.6 Å². The average Bonchev–Trinajstić information content (AvgIpc) is 3.20. The first kappa shape index (κ1) is 27.0. The van der Waals surface area contributed by atoms with Crippen LogP contribution in [-0.2, 0) is 16.2 Å². The van der Waals surface area contributed by atoms with E-state index >= 15 is 0 Å². The monoisotopic (exact) mass is 582 g/mol. The van der Waals surface area contributed by atoms with Gasteiger partial charge in [0.25, 0.3) is 5.69 Å².